The third-order valence-electron chi connectivity index (χ3n) is 1.15. The summed E-state index contributed by atoms with van der Waals surface area (Å²) in [5, 5.41) is 0. The third-order valence-corrected chi connectivity index (χ3v) is 1.15. The van der Waals surface area contributed by atoms with Gasteiger partial charge in [-0.3, -0.25) is 0 Å². The molecule has 0 aliphatic rings. The first-order chi connectivity index (χ1) is 6.17. The average molecular weight is 188 g/mol. The lowest BCUT2D eigenvalue weighted by Crippen LogP contribution is -2.15. The van der Waals surface area contributed by atoms with Crippen LogP contribution in [-0.4, -0.2) is 26.2 Å². The van der Waals surface area contributed by atoms with Crippen molar-refractivity contribution in [3.8, 4) is 0 Å². The maximum Gasteiger partial charge on any atom is 0.345 e. The highest BCUT2D eigenvalue weighted by Gasteiger charge is 2.18. The fourth-order valence-electron chi connectivity index (χ4n) is 0.572. The summed E-state index contributed by atoms with van der Waals surface area (Å²) in [6, 6.07) is 0. The number of halogens is 1. The van der Waals surface area contributed by atoms with E-state index in [0.717, 1.165) is 26.4 Å². The SMILES string of the molecule is COC(=O)C(=C/C=C\F)C(=O)OC. The number of carbonyl (C=O) groups excluding carboxylic acids is 2. The van der Waals surface area contributed by atoms with Gasteiger partial charge in [-0.05, 0) is 12.2 Å². The number of hydrogen-bond donors (Lipinski definition) is 0. The molecule has 0 atom stereocenters. The highest BCUT2D eigenvalue weighted by atomic mass is 19.1. The Morgan fingerprint density at radius 3 is 1.92 bits per heavy atom. The van der Waals surface area contributed by atoms with Gasteiger partial charge < -0.3 is 9.47 Å². The van der Waals surface area contributed by atoms with Crippen molar-refractivity contribution in [1.82, 2.24) is 0 Å². The molecular weight excluding hydrogens is 179 g/mol. The largest absolute Gasteiger partial charge is 0.465 e. The van der Waals surface area contributed by atoms with E-state index in [2.05, 4.69) is 9.47 Å². The number of methoxy groups -OCH3 is 2. The highest BCUT2D eigenvalue weighted by molar-refractivity contribution is 6.14. The predicted molar refractivity (Wildman–Crippen MR) is 42.4 cm³/mol. The molecule has 0 aromatic heterocycles. The number of allylic oxidation sites excluding steroid dienone is 2. The summed E-state index contributed by atoms with van der Waals surface area (Å²) in [5.41, 5.74) is -0.362. The van der Waals surface area contributed by atoms with Crippen molar-refractivity contribution in [2.45, 2.75) is 0 Å². The van der Waals surface area contributed by atoms with Crippen molar-refractivity contribution in [3.05, 3.63) is 24.1 Å². The number of rotatable bonds is 3. The van der Waals surface area contributed by atoms with Crippen LogP contribution in [-0.2, 0) is 19.1 Å². The molecule has 0 saturated carbocycles. The van der Waals surface area contributed by atoms with Gasteiger partial charge in [0, 0.05) is 0 Å². The minimum Gasteiger partial charge on any atom is -0.465 e. The maximum absolute atomic E-state index is 11.6. The van der Waals surface area contributed by atoms with Gasteiger partial charge in [-0.25, -0.2) is 14.0 Å². The lowest BCUT2D eigenvalue weighted by atomic mass is 10.2. The molecule has 4 nitrogen and oxygen atoms in total. The van der Waals surface area contributed by atoms with Crippen molar-refractivity contribution >= 4 is 11.9 Å². The zero-order valence-corrected chi connectivity index (χ0v) is 7.24. The molecular formula is C8H9FO4. The predicted octanol–water partition coefficient (Wildman–Crippen LogP) is 0.742. The van der Waals surface area contributed by atoms with E-state index in [4.69, 9.17) is 0 Å². The van der Waals surface area contributed by atoms with Crippen LogP contribution in [0, 0.1) is 0 Å². The van der Waals surface area contributed by atoms with E-state index < -0.39 is 11.9 Å². The summed E-state index contributed by atoms with van der Waals surface area (Å²) < 4.78 is 20.1. The Hall–Kier alpha value is -1.65. The zero-order chi connectivity index (χ0) is 10.3. The van der Waals surface area contributed by atoms with E-state index in [1.165, 1.54) is 0 Å². The Morgan fingerprint density at radius 2 is 1.62 bits per heavy atom. The summed E-state index contributed by atoms with van der Waals surface area (Å²) in [6.07, 6.45) is 2.05. The van der Waals surface area contributed by atoms with E-state index in [1.807, 2.05) is 0 Å². The molecule has 0 saturated heterocycles. The van der Waals surface area contributed by atoms with Crippen molar-refractivity contribution in [3.63, 3.8) is 0 Å². The fourth-order valence-corrected chi connectivity index (χ4v) is 0.572. The Kier molecular flexibility index (Phi) is 5.18. The summed E-state index contributed by atoms with van der Waals surface area (Å²) in [7, 11) is 2.22. The quantitative estimate of drug-likeness (QED) is 0.215. The lowest BCUT2D eigenvalue weighted by molar-refractivity contribution is -0.144. The molecule has 0 aliphatic heterocycles. The normalized spacial score (nSPS) is 9.46. The molecule has 0 radical (unpaired) electrons. The summed E-state index contributed by atoms with van der Waals surface area (Å²) >= 11 is 0. The van der Waals surface area contributed by atoms with E-state index >= 15 is 0 Å². The van der Waals surface area contributed by atoms with Crippen LogP contribution in [0.4, 0.5) is 4.39 Å². The van der Waals surface area contributed by atoms with Crippen LogP contribution < -0.4 is 0 Å². The molecule has 0 spiro atoms. The van der Waals surface area contributed by atoms with Gasteiger partial charge in [0.1, 0.15) is 5.57 Å². The molecule has 5 heteroatoms. The van der Waals surface area contributed by atoms with Gasteiger partial charge in [-0.1, -0.05) is 0 Å². The maximum atomic E-state index is 11.6. The second-order valence-corrected chi connectivity index (χ2v) is 1.88. The minimum absolute atomic E-state index is 0.186. The number of carbonyl (C=O) groups is 2. The number of esters is 2. The van der Waals surface area contributed by atoms with Crippen molar-refractivity contribution in [2.75, 3.05) is 14.2 Å². The van der Waals surface area contributed by atoms with Crippen LogP contribution in [0.1, 0.15) is 0 Å². The first kappa shape index (κ1) is 11.4. The van der Waals surface area contributed by atoms with Crippen LogP contribution in [0.3, 0.4) is 0 Å². The van der Waals surface area contributed by atoms with E-state index in [-0.39, 0.29) is 11.9 Å². The zero-order valence-electron chi connectivity index (χ0n) is 7.24. The van der Waals surface area contributed by atoms with Gasteiger partial charge in [0.05, 0.1) is 20.5 Å². The van der Waals surface area contributed by atoms with Crippen molar-refractivity contribution < 1.29 is 23.5 Å². The summed E-state index contributed by atoms with van der Waals surface area (Å²) in [4.78, 5) is 21.7. The average Bonchev–Trinajstić information content (AvgIpc) is 2.17. The van der Waals surface area contributed by atoms with E-state index in [1.54, 1.807) is 0 Å². The molecule has 0 N–H and O–H groups in total. The smallest absolute Gasteiger partial charge is 0.345 e. The van der Waals surface area contributed by atoms with Gasteiger partial charge in [0.2, 0.25) is 0 Å². The van der Waals surface area contributed by atoms with Crippen LogP contribution in [0.5, 0.6) is 0 Å². The molecule has 0 aromatic carbocycles. The molecule has 0 aromatic rings. The highest BCUT2D eigenvalue weighted by Crippen LogP contribution is 2.00. The van der Waals surface area contributed by atoms with Gasteiger partial charge in [-0.15, -0.1) is 0 Å². The summed E-state index contributed by atoms with van der Waals surface area (Å²) in [6.45, 7) is 0. The molecule has 0 bridgehead atoms. The van der Waals surface area contributed by atoms with Crippen LogP contribution in [0.15, 0.2) is 24.1 Å². The van der Waals surface area contributed by atoms with Gasteiger partial charge >= 0.3 is 11.9 Å². The van der Waals surface area contributed by atoms with E-state index in [9.17, 15) is 14.0 Å². The summed E-state index contributed by atoms with van der Waals surface area (Å²) in [5.74, 6) is -1.74. The van der Waals surface area contributed by atoms with Gasteiger partial charge in [-0.2, -0.15) is 0 Å². The van der Waals surface area contributed by atoms with Crippen molar-refractivity contribution in [2.24, 2.45) is 0 Å². The molecule has 0 amide bonds. The second kappa shape index (κ2) is 5.93. The third kappa shape index (κ3) is 3.50. The molecule has 0 rings (SSSR count). The van der Waals surface area contributed by atoms with E-state index in [0.29, 0.717) is 0 Å². The number of hydrogen-bond acceptors (Lipinski definition) is 4. The lowest BCUT2D eigenvalue weighted by Gasteiger charge is -2.00. The topological polar surface area (TPSA) is 52.6 Å². The Morgan fingerprint density at radius 1 is 1.15 bits per heavy atom. The second-order valence-electron chi connectivity index (χ2n) is 1.88. The molecule has 0 unspecified atom stereocenters. The molecule has 0 heterocycles. The first-order valence-electron chi connectivity index (χ1n) is 3.31. The van der Waals surface area contributed by atoms with Crippen LogP contribution >= 0.6 is 0 Å². The first-order valence-corrected chi connectivity index (χ1v) is 3.31. The minimum atomic E-state index is -0.870. The monoisotopic (exact) mass is 188 g/mol. The number of ether oxygens (including phenoxy) is 2. The van der Waals surface area contributed by atoms with Crippen LogP contribution in [0.25, 0.3) is 0 Å². The Labute approximate surface area is 74.6 Å². The molecule has 0 aliphatic carbocycles. The van der Waals surface area contributed by atoms with Crippen LogP contribution in [0.2, 0.25) is 0 Å². The molecule has 13 heavy (non-hydrogen) atoms. The molecule has 72 valence electrons. The van der Waals surface area contributed by atoms with Gasteiger partial charge in [0.25, 0.3) is 0 Å². The fraction of sp³-hybridized carbons (Fsp3) is 0.250. The Balaban J connectivity index is 4.75. The standard InChI is InChI=1S/C8H9FO4/c1-12-7(10)6(4-3-5-9)8(11)13-2/h3-5H,1-2H3/b5-3-. The van der Waals surface area contributed by atoms with Gasteiger partial charge in [0.15, 0.2) is 0 Å². The van der Waals surface area contributed by atoms with Crippen molar-refractivity contribution in [1.29, 1.82) is 0 Å². The Bertz CT molecular complexity index is 237. The molecule has 0 fully saturated rings.